The molecule has 1 aromatic carbocycles. The third kappa shape index (κ3) is 5.33. The zero-order valence-electron chi connectivity index (χ0n) is 14.1. The maximum atomic E-state index is 12.4. The lowest BCUT2D eigenvalue weighted by Gasteiger charge is -2.24. The van der Waals surface area contributed by atoms with Crippen LogP contribution in [0.15, 0.2) is 18.2 Å². The first-order valence-corrected chi connectivity index (χ1v) is 8.14. The Labute approximate surface area is 140 Å². The van der Waals surface area contributed by atoms with Gasteiger partial charge in [0.1, 0.15) is 12.4 Å². The molecule has 0 bridgehead atoms. The zero-order chi connectivity index (χ0) is 17.5. The van der Waals surface area contributed by atoms with Crippen molar-refractivity contribution in [3.05, 3.63) is 23.8 Å². The summed E-state index contributed by atoms with van der Waals surface area (Å²) in [6.07, 6.45) is -1.58. The van der Waals surface area contributed by atoms with Gasteiger partial charge in [-0.05, 0) is 31.9 Å². The zero-order valence-corrected chi connectivity index (χ0v) is 14.1. The molecule has 1 aromatic rings. The second kappa shape index (κ2) is 8.82. The quantitative estimate of drug-likeness (QED) is 0.825. The predicted molar refractivity (Wildman–Crippen MR) is 87.9 cm³/mol. The largest absolute Gasteiger partial charge is 0.487 e. The average Bonchev–Trinajstić information content (AvgIpc) is 3.06. The summed E-state index contributed by atoms with van der Waals surface area (Å²) in [6, 6.07) is 4.82. The normalized spacial score (nSPS) is 17.1. The van der Waals surface area contributed by atoms with Crippen LogP contribution < -0.4 is 10.1 Å². The molecule has 134 valence electrons. The van der Waals surface area contributed by atoms with Gasteiger partial charge in [-0.15, -0.1) is 0 Å². The fraction of sp³-hybridized carbons (Fsp3) is 0.588. The summed E-state index contributed by atoms with van der Waals surface area (Å²) >= 11 is 0. The molecular weight excluding hydrogens is 318 g/mol. The Morgan fingerprint density at radius 1 is 1.50 bits per heavy atom. The van der Waals surface area contributed by atoms with E-state index in [9.17, 15) is 13.6 Å². The van der Waals surface area contributed by atoms with E-state index >= 15 is 0 Å². The van der Waals surface area contributed by atoms with Crippen molar-refractivity contribution >= 4 is 11.7 Å². The number of urea groups is 1. The second-order valence-electron chi connectivity index (χ2n) is 5.88. The van der Waals surface area contributed by atoms with Crippen molar-refractivity contribution in [3.63, 3.8) is 0 Å². The molecule has 1 atom stereocenters. The van der Waals surface area contributed by atoms with Crippen LogP contribution in [0.25, 0.3) is 0 Å². The molecule has 2 rings (SSSR count). The first-order valence-electron chi connectivity index (χ1n) is 8.14. The molecule has 1 N–H and O–H groups in total. The Hall–Kier alpha value is -1.89. The van der Waals surface area contributed by atoms with Crippen molar-refractivity contribution in [1.82, 2.24) is 4.90 Å². The van der Waals surface area contributed by atoms with Crippen LogP contribution in [0.3, 0.4) is 0 Å². The Morgan fingerprint density at radius 2 is 2.29 bits per heavy atom. The van der Waals surface area contributed by atoms with Crippen LogP contribution in [-0.4, -0.2) is 50.3 Å². The van der Waals surface area contributed by atoms with Gasteiger partial charge in [-0.25, -0.2) is 13.6 Å². The molecule has 1 heterocycles. The number of nitrogens with one attached hydrogen (secondary N) is 1. The molecule has 1 unspecified atom stereocenters. The molecule has 0 radical (unpaired) electrons. The van der Waals surface area contributed by atoms with Gasteiger partial charge in [-0.1, -0.05) is 6.07 Å². The maximum absolute atomic E-state index is 12.4. The number of aryl methyl sites for hydroxylation is 1. The Balaban J connectivity index is 1.97. The lowest BCUT2D eigenvalue weighted by atomic mass is 10.1. The van der Waals surface area contributed by atoms with E-state index in [1.807, 2.05) is 6.92 Å². The maximum Gasteiger partial charge on any atom is 0.321 e. The number of anilines is 1. The second-order valence-corrected chi connectivity index (χ2v) is 5.88. The minimum atomic E-state index is -2.54. The number of carbonyl (C=O) groups excluding carboxylic acids is 1. The first kappa shape index (κ1) is 18.4. The molecule has 5 nitrogen and oxygen atoms in total. The average molecular weight is 342 g/mol. The van der Waals surface area contributed by atoms with Crippen LogP contribution in [0, 0.1) is 12.8 Å². The molecule has 1 aliphatic heterocycles. The molecular formula is C17H24F2N2O3. The minimum Gasteiger partial charge on any atom is -0.487 e. The highest BCUT2D eigenvalue weighted by Crippen LogP contribution is 2.23. The highest BCUT2D eigenvalue weighted by molar-refractivity contribution is 5.89. The van der Waals surface area contributed by atoms with Crippen LogP contribution >= 0.6 is 0 Å². The van der Waals surface area contributed by atoms with E-state index in [4.69, 9.17) is 9.47 Å². The van der Waals surface area contributed by atoms with Gasteiger partial charge in [0.05, 0.1) is 6.61 Å². The monoisotopic (exact) mass is 342 g/mol. The van der Waals surface area contributed by atoms with Crippen molar-refractivity contribution in [2.24, 2.45) is 5.92 Å². The number of nitrogens with zero attached hydrogens (tertiary/aromatic N) is 1. The molecule has 0 aromatic heterocycles. The molecule has 0 saturated carbocycles. The number of carbonyl (C=O) groups is 1. The molecule has 1 aliphatic rings. The van der Waals surface area contributed by atoms with Crippen molar-refractivity contribution < 1.29 is 23.0 Å². The summed E-state index contributed by atoms with van der Waals surface area (Å²) in [4.78, 5) is 14.1. The lowest BCUT2D eigenvalue weighted by molar-refractivity contribution is 0.0816. The smallest absolute Gasteiger partial charge is 0.321 e. The first-order chi connectivity index (χ1) is 11.5. The molecule has 1 saturated heterocycles. The number of hydrogen-bond donors (Lipinski definition) is 1. The third-order valence-corrected chi connectivity index (χ3v) is 3.98. The summed E-state index contributed by atoms with van der Waals surface area (Å²) < 4.78 is 35.0. The van der Waals surface area contributed by atoms with E-state index in [1.54, 1.807) is 30.0 Å². The number of benzene rings is 1. The number of amides is 2. The number of hydrogen-bond acceptors (Lipinski definition) is 3. The number of ether oxygens (including phenoxy) is 2. The van der Waals surface area contributed by atoms with E-state index in [1.165, 1.54) is 0 Å². The van der Waals surface area contributed by atoms with Gasteiger partial charge in [0.2, 0.25) is 0 Å². The standard InChI is InChI=1S/C17H24F2N2O3/c1-3-21(9-13-6-7-23-10-13)17(22)20-14-5-4-12(2)15(8-14)24-11-16(18)19/h4-5,8,13,16H,3,6-7,9-11H2,1-2H3,(H,20,22). The van der Waals surface area contributed by atoms with Crippen molar-refractivity contribution in [2.45, 2.75) is 26.7 Å². The van der Waals surface area contributed by atoms with Crippen LogP contribution in [-0.2, 0) is 4.74 Å². The molecule has 0 aliphatic carbocycles. The van der Waals surface area contributed by atoms with E-state index in [-0.39, 0.29) is 6.03 Å². The topological polar surface area (TPSA) is 50.8 Å². The van der Waals surface area contributed by atoms with Crippen LogP contribution in [0.1, 0.15) is 18.9 Å². The van der Waals surface area contributed by atoms with Crippen molar-refractivity contribution in [1.29, 1.82) is 0 Å². The van der Waals surface area contributed by atoms with Crippen LogP contribution in [0.2, 0.25) is 0 Å². The van der Waals surface area contributed by atoms with Crippen molar-refractivity contribution in [3.8, 4) is 5.75 Å². The number of halogens is 2. The van der Waals surface area contributed by atoms with Gasteiger partial charge < -0.3 is 19.7 Å². The fourth-order valence-corrected chi connectivity index (χ4v) is 2.58. The van der Waals surface area contributed by atoms with E-state index in [0.717, 1.165) is 18.6 Å². The summed E-state index contributed by atoms with van der Waals surface area (Å²) in [5, 5.41) is 2.80. The predicted octanol–water partition coefficient (Wildman–Crippen LogP) is 3.53. The van der Waals surface area contributed by atoms with E-state index < -0.39 is 13.0 Å². The Morgan fingerprint density at radius 3 is 2.92 bits per heavy atom. The molecule has 1 fully saturated rings. The van der Waals surface area contributed by atoms with Gasteiger partial charge in [0, 0.05) is 37.4 Å². The van der Waals surface area contributed by atoms with E-state index in [0.29, 0.717) is 37.1 Å². The molecule has 2 amide bonds. The fourth-order valence-electron chi connectivity index (χ4n) is 2.58. The number of alkyl halides is 2. The summed E-state index contributed by atoms with van der Waals surface area (Å²) in [5.74, 6) is 0.707. The Kier molecular flexibility index (Phi) is 6.78. The Bertz CT molecular complexity index is 549. The van der Waals surface area contributed by atoms with Gasteiger partial charge in [0.25, 0.3) is 6.43 Å². The number of rotatable bonds is 7. The molecule has 24 heavy (non-hydrogen) atoms. The highest BCUT2D eigenvalue weighted by atomic mass is 19.3. The summed E-state index contributed by atoms with van der Waals surface area (Å²) in [7, 11) is 0. The van der Waals surface area contributed by atoms with Gasteiger partial charge in [0.15, 0.2) is 0 Å². The van der Waals surface area contributed by atoms with Crippen LogP contribution in [0.5, 0.6) is 5.75 Å². The third-order valence-electron chi connectivity index (χ3n) is 3.98. The summed E-state index contributed by atoms with van der Waals surface area (Å²) in [5.41, 5.74) is 1.26. The van der Waals surface area contributed by atoms with Gasteiger partial charge in [-0.3, -0.25) is 0 Å². The van der Waals surface area contributed by atoms with Gasteiger partial charge >= 0.3 is 6.03 Å². The highest BCUT2D eigenvalue weighted by Gasteiger charge is 2.21. The summed E-state index contributed by atoms with van der Waals surface area (Å²) in [6.45, 7) is 5.67. The van der Waals surface area contributed by atoms with Gasteiger partial charge in [-0.2, -0.15) is 0 Å². The van der Waals surface area contributed by atoms with Crippen molar-refractivity contribution in [2.75, 3.05) is 38.2 Å². The lowest BCUT2D eigenvalue weighted by Crippen LogP contribution is -2.38. The minimum absolute atomic E-state index is 0.215. The van der Waals surface area contributed by atoms with E-state index in [2.05, 4.69) is 5.32 Å². The SMILES string of the molecule is CCN(CC1CCOC1)C(=O)Nc1ccc(C)c(OCC(F)F)c1. The molecule has 7 heteroatoms. The molecule has 0 spiro atoms. The van der Waals surface area contributed by atoms with Crippen LogP contribution in [0.4, 0.5) is 19.3 Å².